The summed E-state index contributed by atoms with van der Waals surface area (Å²) in [6, 6.07) is 35.0. The van der Waals surface area contributed by atoms with Gasteiger partial charge in [0.05, 0.1) is 33.2 Å². The zero-order valence-electron chi connectivity index (χ0n) is 29.6. The van der Waals surface area contributed by atoms with Crippen molar-refractivity contribution in [1.29, 1.82) is 0 Å². The van der Waals surface area contributed by atoms with E-state index in [9.17, 15) is 19.2 Å². The van der Waals surface area contributed by atoms with Crippen LogP contribution in [0.3, 0.4) is 0 Å². The Balaban J connectivity index is 1.48. The lowest BCUT2D eigenvalue weighted by Crippen LogP contribution is -2.50. The first-order valence-electron chi connectivity index (χ1n) is 17.7. The molecule has 2 saturated carbocycles. The van der Waals surface area contributed by atoms with Gasteiger partial charge in [-0.1, -0.05) is 91.0 Å². The third-order valence-corrected chi connectivity index (χ3v) is 11.4. The smallest absolute Gasteiger partial charge is 0.344 e. The molecule has 0 saturated heterocycles. The van der Waals surface area contributed by atoms with Crippen LogP contribution in [0.1, 0.15) is 17.5 Å². The van der Waals surface area contributed by atoms with Gasteiger partial charge in [0.25, 0.3) is 0 Å². The van der Waals surface area contributed by atoms with E-state index < -0.39 is 48.9 Å². The molecule has 3 aliphatic carbocycles. The number of fused-ring (bicyclic) bond motifs is 11. The van der Waals surface area contributed by atoms with Crippen molar-refractivity contribution in [3.05, 3.63) is 125 Å². The second kappa shape index (κ2) is 13.9. The fourth-order valence-corrected chi connectivity index (χ4v) is 9.51. The van der Waals surface area contributed by atoms with Crippen molar-refractivity contribution in [1.82, 2.24) is 0 Å². The molecule has 0 radical (unpaired) electrons. The molecular weight excluding hydrogens is 672 g/mol. The molecule has 268 valence electrons. The quantitative estimate of drug-likeness (QED) is 0.119. The monoisotopic (exact) mass is 710 g/mol. The molecule has 3 aliphatic rings. The lowest BCUT2D eigenvalue weighted by Gasteiger charge is -2.43. The van der Waals surface area contributed by atoms with Crippen LogP contribution >= 0.6 is 0 Å². The summed E-state index contributed by atoms with van der Waals surface area (Å²) in [6.07, 6.45) is 0.519. The summed E-state index contributed by atoms with van der Waals surface area (Å²) in [7, 11) is 4.10. The van der Waals surface area contributed by atoms with Crippen LogP contribution in [0.5, 0.6) is 5.75 Å². The van der Waals surface area contributed by atoms with E-state index in [1.54, 1.807) is 7.11 Å². The fourth-order valence-electron chi connectivity index (χ4n) is 9.51. The summed E-state index contributed by atoms with van der Waals surface area (Å²) in [5.41, 5.74) is 4.19. The van der Waals surface area contributed by atoms with Crippen molar-refractivity contribution < 1.29 is 42.9 Å². The number of methoxy groups -OCH3 is 3. The van der Waals surface area contributed by atoms with E-state index in [-0.39, 0.29) is 23.7 Å². The van der Waals surface area contributed by atoms with Gasteiger partial charge in [-0.15, -0.1) is 0 Å². The zero-order chi connectivity index (χ0) is 36.8. The normalized spacial score (nSPS) is 22.5. The molecule has 0 aromatic heterocycles. The molecule has 5 aromatic rings. The van der Waals surface area contributed by atoms with Crippen LogP contribution in [0.15, 0.2) is 103 Å². The molecule has 6 atom stereocenters. The Morgan fingerprint density at radius 2 is 1.00 bits per heavy atom. The highest BCUT2D eigenvalue weighted by molar-refractivity contribution is 6.11. The summed E-state index contributed by atoms with van der Waals surface area (Å²) in [6.45, 7) is -1.17. The van der Waals surface area contributed by atoms with Gasteiger partial charge in [0.15, 0.2) is 13.2 Å². The van der Waals surface area contributed by atoms with E-state index in [1.807, 2.05) is 48.5 Å². The molecule has 5 aromatic carbocycles. The molecule has 9 nitrogen and oxygen atoms in total. The van der Waals surface area contributed by atoms with Gasteiger partial charge in [-0.25, -0.2) is 9.59 Å². The van der Waals surface area contributed by atoms with Crippen LogP contribution in [0, 0.1) is 35.5 Å². The van der Waals surface area contributed by atoms with Crippen LogP contribution in [0.2, 0.25) is 0 Å². The molecule has 0 heterocycles. The van der Waals surface area contributed by atoms with Crippen molar-refractivity contribution in [3.63, 3.8) is 0 Å². The van der Waals surface area contributed by atoms with E-state index in [2.05, 4.69) is 54.6 Å². The number of rotatable bonds is 9. The minimum atomic E-state index is -0.949. The predicted octanol–water partition coefficient (Wildman–Crippen LogP) is 4.96. The Morgan fingerprint density at radius 1 is 0.547 bits per heavy atom. The highest BCUT2D eigenvalue weighted by Gasteiger charge is 2.65. The molecular formula is C44H38O9. The van der Waals surface area contributed by atoms with Crippen molar-refractivity contribution >= 4 is 56.6 Å². The number of esters is 4. The molecule has 53 heavy (non-hydrogen) atoms. The minimum Gasteiger partial charge on any atom is -0.497 e. The number of benzene rings is 5. The summed E-state index contributed by atoms with van der Waals surface area (Å²) in [5.74, 6) is -5.14. The van der Waals surface area contributed by atoms with Gasteiger partial charge in [-0.3, -0.25) is 9.59 Å². The van der Waals surface area contributed by atoms with Crippen LogP contribution in [-0.4, -0.2) is 58.4 Å². The Labute approximate surface area is 305 Å². The highest BCUT2D eigenvalue weighted by atomic mass is 16.6. The predicted molar refractivity (Wildman–Crippen MR) is 197 cm³/mol. The summed E-state index contributed by atoms with van der Waals surface area (Å²) < 4.78 is 26.5. The van der Waals surface area contributed by atoms with Gasteiger partial charge in [-0.2, -0.15) is 0 Å². The van der Waals surface area contributed by atoms with Gasteiger partial charge in [-0.05, 0) is 96.5 Å². The summed E-state index contributed by atoms with van der Waals surface area (Å²) in [5, 5.41) is 6.39. The van der Waals surface area contributed by atoms with Crippen LogP contribution < -0.4 is 15.2 Å². The number of hydrogen-bond donors (Lipinski definition) is 0. The third-order valence-electron chi connectivity index (χ3n) is 11.4. The third kappa shape index (κ3) is 5.62. The first-order valence-corrected chi connectivity index (χ1v) is 17.7. The van der Waals surface area contributed by atoms with Gasteiger partial charge in [0.2, 0.25) is 0 Å². The van der Waals surface area contributed by atoms with E-state index in [4.69, 9.17) is 23.7 Å². The maximum Gasteiger partial charge on any atom is 0.344 e. The lowest BCUT2D eigenvalue weighted by molar-refractivity contribution is -0.171. The molecule has 8 rings (SSSR count). The zero-order valence-corrected chi connectivity index (χ0v) is 29.6. The average Bonchev–Trinajstić information content (AvgIpc) is 3.79. The van der Waals surface area contributed by atoms with Crippen molar-refractivity contribution in [3.8, 4) is 5.75 Å². The number of ether oxygens (including phenoxy) is 5. The van der Waals surface area contributed by atoms with Gasteiger partial charge in [0, 0.05) is 0 Å². The Bertz CT molecular complexity index is 2400. The van der Waals surface area contributed by atoms with Crippen LogP contribution in [0.4, 0.5) is 0 Å². The first-order chi connectivity index (χ1) is 25.9. The van der Waals surface area contributed by atoms with E-state index in [0.29, 0.717) is 6.42 Å². The largest absolute Gasteiger partial charge is 0.497 e. The van der Waals surface area contributed by atoms with Crippen LogP contribution in [-0.2, 0) is 38.1 Å². The summed E-state index contributed by atoms with van der Waals surface area (Å²) in [4.78, 5) is 52.6. The number of carbonyl (C=O) groups excluding carboxylic acids is 4. The van der Waals surface area contributed by atoms with Crippen molar-refractivity contribution in [2.24, 2.45) is 35.5 Å². The van der Waals surface area contributed by atoms with Gasteiger partial charge < -0.3 is 23.7 Å². The maximum absolute atomic E-state index is 14.2. The number of carbonyl (C=O) groups is 4. The second-order valence-electron chi connectivity index (χ2n) is 13.8. The van der Waals surface area contributed by atoms with Crippen molar-refractivity contribution in [2.75, 3.05) is 34.5 Å². The minimum absolute atomic E-state index is 0.225. The molecule has 0 amide bonds. The summed E-state index contributed by atoms with van der Waals surface area (Å²) >= 11 is 0. The standard InChI is InChI=1S/C44H38O9/c1-49-26-18-19-28-27-16-10-11-17-29(27)37-35(24-12-6-4-7-13-24)39-31-21-32(40(39)36(38(37)30(28)20-26)25-14-8-5-9-15-25)42(44(48)53-23-34(46)51-3)41(31)43(47)52-22-33(45)50-2/h4-20,31-32,39-42H,21-23H2,1-3H3/t31-,32+,39?,40?,41?,42?/m1/s1. The maximum atomic E-state index is 14.2. The number of hydrogen-bond acceptors (Lipinski definition) is 9. The van der Waals surface area contributed by atoms with Crippen LogP contribution in [0.25, 0.3) is 32.7 Å². The van der Waals surface area contributed by atoms with Crippen molar-refractivity contribution in [2.45, 2.75) is 6.42 Å². The average molecular weight is 711 g/mol. The SMILES string of the molecule is COC(=O)COC(=O)C1C(C(=O)OCC(=O)OC)[C@@H]2C[C@H]1C1C(c3ccccc3)=c3c(c4ccccc4c4ccc(OC)cc34)=C(c3ccccc3)C12. The van der Waals surface area contributed by atoms with E-state index in [0.717, 1.165) is 60.0 Å². The van der Waals surface area contributed by atoms with Gasteiger partial charge >= 0.3 is 23.9 Å². The molecule has 4 unspecified atom stereocenters. The highest BCUT2D eigenvalue weighted by Crippen LogP contribution is 2.65. The van der Waals surface area contributed by atoms with E-state index >= 15 is 0 Å². The van der Waals surface area contributed by atoms with E-state index in [1.165, 1.54) is 14.2 Å². The second-order valence-corrected chi connectivity index (χ2v) is 13.8. The Hall–Kier alpha value is -5.96. The topological polar surface area (TPSA) is 114 Å². The molecule has 0 N–H and O–H groups in total. The molecule has 0 aliphatic heterocycles. The molecule has 0 spiro atoms. The molecule has 9 heteroatoms. The fraction of sp³-hybridized carbons (Fsp3) is 0.273. The molecule has 2 bridgehead atoms. The Morgan fingerprint density at radius 3 is 1.49 bits per heavy atom. The lowest BCUT2D eigenvalue weighted by atomic mass is 9.59. The van der Waals surface area contributed by atoms with Gasteiger partial charge in [0.1, 0.15) is 5.75 Å². The molecule has 2 fully saturated rings. The Kier molecular flexibility index (Phi) is 8.94. The first kappa shape index (κ1) is 34.1.